The standard InChI is InChI=1S/C64H76N4O12/c1-4-66-52-24-35-13-16-42-43-17-12-33-11-15-40(72)25-45(33)47(31-71)53(44-18-19-67-61(65)54(43)44)56-59-46(58(75)55-50(74)26-41(30-70)78-60(55)56)27-51(63(3,80-59)48(42)23-38(35)29-68-52)79-62(76)57-32(2)10-14-39-22-37(28-64(39,57)77)34-7-5-8-36(21-34)49(73)9-6-20-69/h5,7-8,11,15,18,21,24-26,29,37,39,42-43,47-49,51-53,66-73,75,77H,4,6,9-10,12-14,16-17,19-20,22-23,27-28,30-31,65H2,1-3H3. The molecule has 12 atom stereocenters. The van der Waals surface area contributed by atoms with Crippen molar-refractivity contribution in [3.63, 3.8) is 0 Å². The van der Waals surface area contributed by atoms with Crippen LogP contribution in [0.3, 0.4) is 0 Å². The van der Waals surface area contributed by atoms with Crippen molar-refractivity contribution < 1.29 is 54.4 Å². The van der Waals surface area contributed by atoms with Gasteiger partial charge in [-0.1, -0.05) is 48.9 Å². The molecule has 424 valence electrons. The smallest absolute Gasteiger partial charge is 0.337 e. The van der Waals surface area contributed by atoms with Crippen LogP contribution in [0, 0.1) is 23.7 Å². The molecule has 12 rings (SSSR count). The highest BCUT2D eigenvalue weighted by molar-refractivity contribution is 5.94. The predicted molar refractivity (Wildman–Crippen MR) is 300 cm³/mol. The van der Waals surface area contributed by atoms with Gasteiger partial charge in [0.2, 0.25) is 0 Å². The van der Waals surface area contributed by atoms with Crippen molar-refractivity contribution in [2.45, 2.75) is 152 Å². The number of aliphatic hydroxyl groups excluding tert-OH is 4. The van der Waals surface area contributed by atoms with E-state index < -0.39 is 71.5 Å². The monoisotopic (exact) mass is 1090 g/mol. The SMILES string of the molecule is CCNC1C=C2CCC3C4CCc5ccc(O)cc5C(CO)C(C5=CCNC(N)=C54)c4c5c(c(O)c6c(=O)cc(CO)oc46)CC(OC(=O)C4=C(C)CCC6CC(c7cccc(C(O)CCCO)c7)CC46O)C(C)(O5)C3CC2=CN1. The molecule has 5 heterocycles. The average Bonchev–Trinajstić information content (AvgIpc) is 3.82. The lowest BCUT2D eigenvalue weighted by atomic mass is 9.61. The van der Waals surface area contributed by atoms with E-state index in [0.29, 0.717) is 81.3 Å². The van der Waals surface area contributed by atoms with Gasteiger partial charge >= 0.3 is 5.97 Å². The van der Waals surface area contributed by atoms with Crippen molar-refractivity contribution in [2.24, 2.45) is 29.4 Å². The Morgan fingerprint density at radius 2 is 1.86 bits per heavy atom. The fourth-order valence-corrected chi connectivity index (χ4v) is 16.0. The summed E-state index contributed by atoms with van der Waals surface area (Å²) in [7, 11) is 0. The lowest BCUT2D eigenvalue weighted by Crippen LogP contribution is -2.59. The molecular weight excluding hydrogens is 1020 g/mol. The van der Waals surface area contributed by atoms with Crippen LogP contribution in [0.25, 0.3) is 11.0 Å². The molecule has 3 aromatic carbocycles. The number of fused-ring (bicyclic) bond motifs is 10. The van der Waals surface area contributed by atoms with E-state index in [1.54, 1.807) is 12.1 Å². The Bertz CT molecular complexity index is 3380. The number of aliphatic hydroxyl groups is 5. The van der Waals surface area contributed by atoms with Gasteiger partial charge in [-0.2, -0.15) is 0 Å². The predicted octanol–water partition coefficient (Wildman–Crippen LogP) is 7.04. The van der Waals surface area contributed by atoms with Gasteiger partial charge in [0.15, 0.2) is 5.43 Å². The van der Waals surface area contributed by atoms with Crippen LogP contribution in [0.2, 0.25) is 0 Å². The molecule has 12 unspecified atom stereocenters. The molecule has 8 aliphatic rings. The Balaban J connectivity index is 1.07. The zero-order valence-corrected chi connectivity index (χ0v) is 45.9. The number of allylic oxidation sites excluding steroid dienone is 5. The Kier molecular flexibility index (Phi) is 14.3. The van der Waals surface area contributed by atoms with Crippen LogP contribution >= 0.6 is 0 Å². The fourth-order valence-electron chi connectivity index (χ4n) is 16.0. The summed E-state index contributed by atoms with van der Waals surface area (Å²) in [5.41, 5.74) is 12.5. The summed E-state index contributed by atoms with van der Waals surface area (Å²) in [6, 6.07) is 14.2. The van der Waals surface area contributed by atoms with E-state index in [-0.39, 0.29) is 88.7 Å². The number of hydrogen-bond donors (Lipinski definition) is 11. The number of nitrogens with two attached hydrogens (primary N) is 1. The van der Waals surface area contributed by atoms with Crippen LogP contribution in [0.15, 0.2) is 115 Å². The fraction of sp³-hybridized carbons (Fsp3) is 0.500. The number of likely N-dealkylation sites (N-methyl/N-ethyl adjacent to an activating group) is 1. The second-order valence-corrected chi connectivity index (χ2v) is 24.1. The third kappa shape index (κ3) is 8.96. The molecule has 0 spiro atoms. The minimum atomic E-state index is -1.56. The quantitative estimate of drug-likeness (QED) is 0.0672. The Morgan fingerprint density at radius 1 is 1.02 bits per heavy atom. The number of benzene rings is 3. The number of carbonyl (C=O) groups excluding carboxylic acids is 1. The molecule has 16 heteroatoms. The van der Waals surface area contributed by atoms with E-state index in [1.807, 2.05) is 44.2 Å². The van der Waals surface area contributed by atoms with E-state index in [1.165, 1.54) is 5.57 Å². The summed E-state index contributed by atoms with van der Waals surface area (Å²) in [6.07, 6.45) is 10.3. The highest BCUT2D eigenvalue weighted by atomic mass is 16.6. The molecule has 16 nitrogen and oxygen atoms in total. The number of aromatic hydroxyl groups is 2. The minimum Gasteiger partial charge on any atom is -0.508 e. The van der Waals surface area contributed by atoms with Gasteiger partial charge in [0.05, 0.1) is 24.4 Å². The number of hydrogen-bond acceptors (Lipinski definition) is 16. The normalized spacial score (nSPS) is 30.9. The molecular formula is C64H76N4O12. The molecule has 0 saturated heterocycles. The van der Waals surface area contributed by atoms with Crippen LogP contribution < -0.4 is 31.8 Å². The molecule has 2 saturated carbocycles. The lowest BCUT2D eigenvalue weighted by Gasteiger charge is -2.52. The topological polar surface area (TPSA) is 269 Å². The van der Waals surface area contributed by atoms with Crippen molar-refractivity contribution >= 4 is 16.9 Å². The molecule has 12 N–H and O–H groups in total. The highest BCUT2D eigenvalue weighted by Gasteiger charge is 2.60. The molecule has 1 aromatic heterocycles. The minimum absolute atomic E-state index is 0.0139. The molecule has 0 radical (unpaired) electrons. The van der Waals surface area contributed by atoms with Gasteiger partial charge in [-0.25, -0.2) is 4.79 Å². The number of dihydropyridines is 2. The average molecular weight is 1090 g/mol. The highest BCUT2D eigenvalue weighted by Crippen LogP contribution is 2.62. The Labute approximate surface area is 465 Å². The van der Waals surface area contributed by atoms with Gasteiger partial charge < -0.3 is 66.0 Å². The number of phenols is 2. The third-order valence-corrected chi connectivity index (χ3v) is 19.9. The van der Waals surface area contributed by atoms with Crippen molar-refractivity contribution in [1.82, 2.24) is 16.0 Å². The number of phenolic OH excluding ortho intramolecular Hbond substituents is 2. The van der Waals surface area contributed by atoms with Crippen LogP contribution in [-0.2, 0) is 29.0 Å². The Hall–Kier alpha value is -6.40. The van der Waals surface area contributed by atoms with Gasteiger partial charge in [0, 0.05) is 60.7 Å². The number of ether oxygens (including phenoxy) is 2. The zero-order valence-electron chi connectivity index (χ0n) is 45.9. The second-order valence-electron chi connectivity index (χ2n) is 24.1. The second kappa shape index (κ2) is 21.2. The molecule has 2 fully saturated rings. The largest absolute Gasteiger partial charge is 0.508 e. The number of aryl methyl sites for hydroxylation is 1. The van der Waals surface area contributed by atoms with Crippen molar-refractivity contribution in [3.05, 3.63) is 156 Å². The van der Waals surface area contributed by atoms with E-state index in [9.17, 15) is 40.5 Å². The van der Waals surface area contributed by atoms with Crippen LogP contribution in [-0.4, -0.2) is 91.5 Å². The van der Waals surface area contributed by atoms with Gasteiger partial charge in [0.1, 0.15) is 63.7 Å². The summed E-state index contributed by atoms with van der Waals surface area (Å²) in [5.74, 6) is -3.45. The summed E-state index contributed by atoms with van der Waals surface area (Å²) < 4.78 is 21.5. The number of rotatable bonds is 11. The van der Waals surface area contributed by atoms with Crippen molar-refractivity contribution in [2.75, 3.05) is 26.3 Å². The van der Waals surface area contributed by atoms with Crippen molar-refractivity contribution in [3.8, 4) is 17.2 Å². The molecule has 4 aliphatic heterocycles. The molecule has 4 bridgehead atoms. The van der Waals surface area contributed by atoms with Gasteiger partial charge in [-0.15, -0.1) is 0 Å². The number of nitrogens with one attached hydrogen (secondary N) is 3. The van der Waals surface area contributed by atoms with Gasteiger partial charge in [-0.3, -0.25) is 10.1 Å². The van der Waals surface area contributed by atoms with Gasteiger partial charge in [-0.05, 0) is 177 Å². The zero-order chi connectivity index (χ0) is 55.9. The first-order valence-corrected chi connectivity index (χ1v) is 29.0. The first kappa shape index (κ1) is 54.2. The van der Waals surface area contributed by atoms with Crippen LogP contribution in [0.5, 0.6) is 17.2 Å². The summed E-state index contributed by atoms with van der Waals surface area (Å²) in [6.45, 7) is 5.97. The lowest BCUT2D eigenvalue weighted by molar-refractivity contribution is -0.172. The molecule has 80 heavy (non-hydrogen) atoms. The molecule has 0 amide bonds. The van der Waals surface area contributed by atoms with Crippen LogP contribution in [0.4, 0.5) is 0 Å². The maximum Gasteiger partial charge on any atom is 0.337 e. The Morgan fingerprint density at radius 3 is 2.65 bits per heavy atom. The first-order valence-electron chi connectivity index (χ1n) is 29.0. The van der Waals surface area contributed by atoms with E-state index >= 15 is 4.79 Å². The summed E-state index contributed by atoms with van der Waals surface area (Å²) in [5, 5.41) is 90.8. The molecule has 4 aromatic rings. The van der Waals surface area contributed by atoms with E-state index in [2.05, 4.69) is 41.2 Å². The molecule has 4 aliphatic carbocycles. The summed E-state index contributed by atoms with van der Waals surface area (Å²) in [4.78, 5) is 30.4. The number of carbonyl (C=O) groups is 1. The number of esters is 1. The van der Waals surface area contributed by atoms with Gasteiger partial charge in [0.25, 0.3) is 0 Å². The van der Waals surface area contributed by atoms with Crippen molar-refractivity contribution in [1.29, 1.82) is 0 Å². The maximum absolute atomic E-state index is 15.8. The van der Waals surface area contributed by atoms with E-state index in [0.717, 1.165) is 58.0 Å². The van der Waals surface area contributed by atoms with Crippen LogP contribution in [0.1, 0.15) is 148 Å². The van der Waals surface area contributed by atoms with E-state index in [4.69, 9.17) is 19.6 Å². The maximum atomic E-state index is 15.8. The third-order valence-electron chi connectivity index (χ3n) is 19.9. The first-order chi connectivity index (χ1) is 38.6. The summed E-state index contributed by atoms with van der Waals surface area (Å²) >= 11 is 0.